The Morgan fingerprint density at radius 3 is 2.31 bits per heavy atom. The van der Waals surface area contributed by atoms with Gasteiger partial charge in [0.2, 0.25) is 5.91 Å². The molecule has 0 aliphatic carbocycles. The number of benzene rings is 3. The molecular formula is C26H26BrN3O6. The second kappa shape index (κ2) is 13.2. The largest absolute Gasteiger partial charge is 0.494 e. The molecule has 10 heteroatoms. The van der Waals surface area contributed by atoms with E-state index in [9.17, 15) is 14.9 Å². The van der Waals surface area contributed by atoms with E-state index >= 15 is 0 Å². The number of hydrazone groups is 1. The van der Waals surface area contributed by atoms with Crippen LogP contribution in [0.15, 0.2) is 70.2 Å². The van der Waals surface area contributed by atoms with Crippen LogP contribution in [0.1, 0.15) is 30.5 Å². The highest BCUT2D eigenvalue weighted by Gasteiger charge is 2.13. The van der Waals surface area contributed by atoms with Gasteiger partial charge in [-0.1, -0.05) is 12.1 Å². The van der Waals surface area contributed by atoms with Crippen molar-refractivity contribution >= 4 is 33.7 Å². The molecule has 0 fully saturated rings. The van der Waals surface area contributed by atoms with E-state index in [0.29, 0.717) is 34.7 Å². The molecule has 36 heavy (non-hydrogen) atoms. The van der Waals surface area contributed by atoms with Gasteiger partial charge in [-0.25, -0.2) is 5.43 Å². The summed E-state index contributed by atoms with van der Waals surface area (Å²) in [5, 5.41) is 14.9. The van der Waals surface area contributed by atoms with E-state index in [-0.39, 0.29) is 24.6 Å². The molecule has 0 spiro atoms. The molecule has 0 saturated heterocycles. The highest BCUT2D eigenvalue weighted by atomic mass is 79.9. The number of carbonyl (C=O) groups is 1. The third-order valence-corrected chi connectivity index (χ3v) is 5.45. The lowest BCUT2D eigenvalue weighted by Gasteiger charge is -2.14. The van der Waals surface area contributed by atoms with Crippen molar-refractivity contribution in [1.29, 1.82) is 0 Å². The van der Waals surface area contributed by atoms with E-state index < -0.39 is 4.92 Å². The molecule has 1 N–H and O–H groups in total. The minimum atomic E-state index is -0.447. The summed E-state index contributed by atoms with van der Waals surface area (Å²) in [6.07, 6.45) is 1.70. The Morgan fingerprint density at radius 1 is 1.00 bits per heavy atom. The molecule has 9 nitrogen and oxygen atoms in total. The quantitative estimate of drug-likeness (QED) is 0.181. The zero-order valence-electron chi connectivity index (χ0n) is 19.9. The summed E-state index contributed by atoms with van der Waals surface area (Å²) in [4.78, 5) is 22.6. The number of rotatable bonds is 12. The van der Waals surface area contributed by atoms with Crippen molar-refractivity contribution in [2.24, 2.45) is 5.10 Å². The number of hydrogen-bond acceptors (Lipinski definition) is 7. The summed E-state index contributed by atoms with van der Waals surface area (Å²) in [7, 11) is 0. The Bertz CT molecular complexity index is 1210. The van der Waals surface area contributed by atoms with Crippen molar-refractivity contribution < 1.29 is 23.9 Å². The minimum Gasteiger partial charge on any atom is -0.494 e. The summed E-state index contributed by atoms with van der Waals surface area (Å²) in [5.74, 6) is 1.50. The molecule has 0 aromatic heterocycles. The number of nitro benzene ring substituents is 1. The van der Waals surface area contributed by atoms with Crippen LogP contribution < -0.4 is 19.6 Å². The highest BCUT2D eigenvalue weighted by molar-refractivity contribution is 9.10. The third-order valence-electron chi connectivity index (χ3n) is 4.86. The SMILES string of the molecule is CCOc1ccc(CC(=O)N/N=C/c2cc(Br)c(OCc3ccc([N+](=O)[O-])cc3)c(OCC)c2)cc1. The summed E-state index contributed by atoms with van der Waals surface area (Å²) >= 11 is 3.50. The number of non-ortho nitro benzene ring substituents is 1. The first-order chi connectivity index (χ1) is 17.4. The third kappa shape index (κ3) is 7.81. The van der Waals surface area contributed by atoms with Crippen LogP contribution in [0.25, 0.3) is 0 Å². The smallest absolute Gasteiger partial charge is 0.269 e. The minimum absolute atomic E-state index is 0.0187. The normalized spacial score (nSPS) is 10.8. The number of nitrogens with one attached hydrogen (secondary N) is 1. The zero-order valence-corrected chi connectivity index (χ0v) is 21.5. The van der Waals surface area contributed by atoms with Gasteiger partial charge in [0.15, 0.2) is 11.5 Å². The predicted molar refractivity (Wildman–Crippen MR) is 140 cm³/mol. The predicted octanol–water partition coefficient (Wildman–Crippen LogP) is 5.43. The highest BCUT2D eigenvalue weighted by Crippen LogP contribution is 2.37. The molecule has 188 valence electrons. The second-order valence-electron chi connectivity index (χ2n) is 7.52. The number of nitro groups is 1. The van der Waals surface area contributed by atoms with E-state index in [1.54, 1.807) is 24.3 Å². The van der Waals surface area contributed by atoms with Crippen LogP contribution in [0, 0.1) is 10.1 Å². The molecule has 0 bridgehead atoms. The molecular weight excluding hydrogens is 530 g/mol. The molecule has 0 saturated carbocycles. The Balaban J connectivity index is 1.62. The fourth-order valence-electron chi connectivity index (χ4n) is 3.21. The Kier molecular flexibility index (Phi) is 9.82. The van der Waals surface area contributed by atoms with Gasteiger partial charge in [-0.3, -0.25) is 14.9 Å². The number of nitrogens with zero attached hydrogens (tertiary/aromatic N) is 2. The summed E-state index contributed by atoms with van der Waals surface area (Å²) < 4.78 is 17.7. The van der Waals surface area contributed by atoms with Crippen molar-refractivity contribution in [2.45, 2.75) is 26.9 Å². The van der Waals surface area contributed by atoms with E-state index in [1.807, 2.05) is 38.1 Å². The standard InChI is InChI=1S/C26H26BrN3O6/c1-3-34-22-11-7-18(8-12-22)15-25(31)29-28-16-20-13-23(27)26(24(14-20)35-4-2)36-17-19-5-9-21(10-6-19)30(32)33/h5-14,16H,3-4,15,17H2,1-2H3,(H,29,31)/b28-16+. The van der Waals surface area contributed by atoms with E-state index in [4.69, 9.17) is 14.2 Å². The number of carbonyl (C=O) groups excluding carboxylic acids is 1. The first-order valence-corrected chi connectivity index (χ1v) is 12.0. The average molecular weight is 556 g/mol. The van der Waals surface area contributed by atoms with Crippen molar-refractivity contribution in [3.8, 4) is 17.2 Å². The maximum atomic E-state index is 12.2. The maximum Gasteiger partial charge on any atom is 0.269 e. The van der Waals surface area contributed by atoms with Crippen molar-refractivity contribution in [3.05, 3.63) is 91.9 Å². The lowest BCUT2D eigenvalue weighted by molar-refractivity contribution is -0.384. The van der Waals surface area contributed by atoms with Gasteiger partial charge in [0.05, 0.1) is 35.2 Å². The van der Waals surface area contributed by atoms with Gasteiger partial charge in [-0.15, -0.1) is 0 Å². The van der Waals surface area contributed by atoms with Gasteiger partial charge in [0.25, 0.3) is 5.69 Å². The fourth-order valence-corrected chi connectivity index (χ4v) is 3.78. The van der Waals surface area contributed by atoms with Gasteiger partial charge < -0.3 is 14.2 Å². The van der Waals surface area contributed by atoms with Crippen LogP contribution >= 0.6 is 15.9 Å². The van der Waals surface area contributed by atoms with Crippen LogP contribution in [0.3, 0.4) is 0 Å². The average Bonchev–Trinajstić information content (AvgIpc) is 2.85. The summed E-state index contributed by atoms with van der Waals surface area (Å²) in [6.45, 7) is 4.97. The molecule has 0 aliphatic heterocycles. The fraction of sp³-hybridized carbons (Fsp3) is 0.231. The van der Waals surface area contributed by atoms with Crippen LogP contribution in [-0.2, 0) is 17.8 Å². The molecule has 3 aromatic rings. The van der Waals surface area contributed by atoms with E-state index in [2.05, 4.69) is 26.5 Å². The Morgan fingerprint density at radius 2 is 1.67 bits per heavy atom. The monoisotopic (exact) mass is 555 g/mol. The first kappa shape index (κ1) is 26.7. The molecule has 3 rings (SSSR count). The van der Waals surface area contributed by atoms with Gasteiger partial charge >= 0.3 is 0 Å². The molecule has 0 radical (unpaired) electrons. The van der Waals surface area contributed by atoms with Crippen molar-refractivity contribution in [1.82, 2.24) is 5.43 Å². The van der Waals surface area contributed by atoms with Crippen molar-refractivity contribution in [3.63, 3.8) is 0 Å². The van der Waals surface area contributed by atoms with Gasteiger partial charge in [0.1, 0.15) is 12.4 Å². The summed E-state index contributed by atoms with van der Waals surface area (Å²) in [5.41, 5.74) is 4.86. The maximum absolute atomic E-state index is 12.2. The van der Waals surface area contributed by atoms with Gasteiger partial charge in [-0.05, 0) is 82.9 Å². The molecule has 0 unspecified atom stereocenters. The molecule has 0 heterocycles. The number of hydrogen-bond donors (Lipinski definition) is 1. The Labute approximate surface area is 217 Å². The lowest BCUT2D eigenvalue weighted by atomic mass is 10.1. The van der Waals surface area contributed by atoms with Crippen LogP contribution in [0.2, 0.25) is 0 Å². The van der Waals surface area contributed by atoms with E-state index in [0.717, 1.165) is 16.9 Å². The number of amides is 1. The number of halogens is 1. The van der Waals surface area contributed by atoms with Crippen LogP contribution in [0.5, 0.6) is 17.2 Å². The first-order valence-electron chi connectivity index (χ1n) is 11.3. The van der Waals surface area contributed by atoms with Gasteiger partial charge in [0, 0.05) is 12.1 Å². The van der Waals surface area contributed by atoms with Crippen LogP contribution in [-0.4, -0.2) is 30.3 Å². The van der Waals surface area contributed by atoms with Crippen LogP contribution in [0.4, 0.5) is 5.69 Å². The van der Waals surface area contributed by atoms with E-state index in [1.165, 1.54) is 18.3 Å². The lowest BCUT2D eigenvalue weighted by Crippen LogP contribution is -2.19. The van der Waals surface area contributed by atoms with Crippen molar-refractivity contribution in [2.75, 3.05) is 13.2 Å². The summed E-state index contributed by atoms with van der Waals surface area (Å²) in [6, 6.07) is 17.0. The Hall–Kier alpha value is -3.92. The molecule has 0 atom stereocenters. The van der Waals surface area contributed by atoms with Gasteiger partial charge in [-0.2, -0.15) is 5.10 Å². The molecule has 1 amide bonds. The zero-order chi connectivity index (χ0) is 25.9. The number of ether oxygens (including phenoxy) is 3. The topological polar surface area (TPSA) is 112 Å². The molecule has 0 aliphatic rings. The molecule has 3 aromatic carbocycles. The second-order valence-corrected chi connectivity index (χ2v) is 8.38.